The summed E-state index contributed by atoms with van der Waals surface area (Å²) in [5.74, 6) is 0.198. The van der Waals surface area contributed by atoms with Crippen molar-refractivity contribution in [2.75, 3.05) is 20.1 Å². The molecule has 21 heavy (non-hydrogen) atoms. The zero-order valence-electron chi connectivity index (χ0n) is 12.5. The van der Waals surface area contributed by atoms with Crippen LogP contribution in [0.5, 0.6) is 0 Å². The summed E-state index contributed by atoms with van der Waals surface area (Å²) in [5, 5.41) is 6.23. The lowest BCUT2D eigenvalue weighted by atomic mass is 9.78. The molecular formula is C16H24BrClN2O. The maximum Gasteiger partial charge on any atom is 0.230 e. The van der Waals surface area contributed by atoms with Crippen LogP contribution in [0.2, 0.25) is 0 Å². The first kappa shape index (κ1) is 18.5. The fraction of sp³-hybridized carbons (Fsp3) is 0.562. The first-order chi connectivity index (χ1) is 9.69. The van der Waals surface area contributed by atoms with E-state index in [1.807, 2.05) is 19.2 Å². The van der Waals surface area contributed by atoms with Crippen LogP contribution in [0.15, 0.2) is 28.7 Å². The molecule has 0 aliphatic heterocycles. The molecule has 1 aliphatic rings. The highest BCUT2D eigenvalue weighted by atomic mass is 79.9. The third-order valence-corrected chi connectivity index (χ3v) is 4.65. The lowest BCUT2D eigenvalue weighted by Crippen LogP contribution is -2.43. The highest BCUT2D eigenvalue weighted by Gasteiger charge is 2.42. The Labute approximate surface area is 141 Å². The Kier molecular flexibility index (Phi) is 7.71. The average Bonchev–Trinajstić information content (AvgIpc) is 2.94. The first-order valence-corrected chi connectivity index (χ1v) is 8.17. The molecule has 2 rings (SSSR count). The molecule has 0 bridgehead atoms. The second kappa shape index (κ2) is 8.76. The van der Waals surface area contributed by atoms with Gasteiger partial charge < -0.3 is 10.6 Å². The van der Waals surface area contributed by atoms with Gasteiger partial charge in [-0.25, -0.2) is 0 Å². The number of rotatable bonds is 6. The minimum atomic E-state index is -0.316. The van der Waals surface area contributed by atoms with Gasteiger partial charge in [-0.2, -0.15) is 0 Å². The van der Waals surface area contributed by atoms with Crippen LogP contribution in [-0.4, -0.2) is 26.0 Å². The molecule has 0 unspecified atom stereocenters. The molecule has 1 aromatic rings. The van der Waals surface area contributed by atoms with E-state index >= 15 is 0 Å². The number of nitrogens with one attached hydrogen (secondary N) is 2. The molecule has 1 aromatic carbocycles. The molecule has 1 saturated carbocycles. The van der Waals surface area contributed by atoms with Gasteiger partial charge in [0.1, 0.15) is 0 Å². The summed E-state index contributed by atoms with van der Waals surface area (Å²) in [5.41, 5.74) is 0.833. The molecule has 0 saturated heterocycles. The second-order valence-electron chi connectivity index (χ2n) is 5.51. The lowest BCUT2D eigenvalue weighted by molar-refractivity contribution is -0.126. The Morgan fingerprint density at radius 2 is 2.00 bits per heavy atom. The van der Waals surface area contributed by atoms with Crippen LogP contribution in [0, 0.1) is 0 Å². The van der Waals surface area contributed by atoms with Gasteiger partial charge in [0, 0.05) is 11.0 Å². The van der Waals surface area contributed by atoms with E-state index in [4.69, 9.17) is 0 Å². The zero-order valence-corrected chi connectivity index (χ0v) is 14.9. The van der Waals surface area contributed by atoms with Crippen LogP contribution in [-0.2, 0) is 10.2 Å². The summed E-state index contributed by atoms with van der Waals surface area (Å²) in [4.78, 5) is 12.7. The van der Waals surface area contributed by atoms with Gasteiger partial charge in [-0.15, -0.1) is 12.4 Å². The number of carbonyl (C=O) groups excluding carboxylic acids is 1. The maximum absolute atomic E-state index is 12.7. The van der Waals surface area contributed by atoms with Crippen LogP contribution >= 0.6 is 28.3 Å². The molecule has 3 nitrogen and oxygen atoms in total. The largest absolute Gasteiger partial charge is 0.355 e. The molecule has 1 aliphatic carbocycles. The Hall–Kier alpha value is -0.580. The van der Waals surface area contributed by atoms with E-state index < -0.39 is 0 Å². The monoisotopic (exact) mass is 374 g/mol. The van der Waals surface area contributed by atoms with E-state index in [2.05, 4.69) is 38.7 Å². The molecule has 0 spiro atoms. The number of amides is 1. The van der Waals surface area contributed by atoms with E-state index in [0.717, 1.165) is 55.2 Å². The van der Waals surface area contributed by atoms with Crippen LogP contribution in [0.3, 0.4) is 0 Å². The highest BCUT2D eigenvalue weighted by molar-refractivity contribution is 9.10. The zero-order chi connectivity index (χ0) is 14.4. The Morgan fingerprint density at radius 3 is 2.62 bits per heavy atom. The van der Waals surface area contributed by atoms with Gasteiger partial charge in [-0.1, -0.05) is 40.9 Å². The molecule has 0 radical (unpaired) electrons. The van der Waals surface area contributed by atoms with Gasteiger partial charge in [0.05, 0.1) is 5.41 Å². The van der Waals surface area contributed by atoms with E-state index in [1.54, 1.807) is 0 Å². The molecule has 118 valence electrons. The summed E-state index contributed by atoms with van der Waals surface area (Å²) in [7, 11) is 1.93. The van der Waals surface area contributed by atoms with Crippen molar-refractivity contribution in [2.24, 2.45) is 0 Å². The van der Waals surface area contributed by atoms with Crippen molar-refractivity contribution in [1.82, 2.24) is 10.6 Å². The third kappa shape index (κ3) is 4.44. The average molecular weight is 376 g/mol. The fourth-order valence-corrected chi connectivity index (χ4v) is 3.45. The quantitative estimate of drug-likeness (QED) is 0.748. The number of carbonyl (C=O) groups is 1. The summed E-state index contributed by atoms with van der Waals surface area (Å²) in [6, 6.07) is 8.21. The minimum Gasteiger partial charge on any atom is -0.355 e. The summed E-state index contributed by atoms with van der Waals surface area (Å²) in [6.45, 7) is 1.68. The van der Waals surface area contributed by atoms with Crippen LogP contribution < -0.4 is 10.6 Å². The minimum absolute atomic E-state index is 0. The molecule has 0 heterocycles. The van der Waals surface area contributed by atoms with Crippen molar-refractivity contribution in [3.8, 4) is 0 Å². The SMILES string of the molecule is CNCCCNC(=O)C1(c2cccc(Br)c2)CCCC1.Cl. The number of hydrogen-bond acceptors (Lipinski definition) is 2. The van der Waals surface area contributed by atoms with Crippen molar-refractivity contribution in [2.45, 2.75) is 37.5 Å². The summed E-state index contributed by atoms with van der Waals surface area (Å²) in [6.07, 6.45) is 5.16. The molecule has 5 heteroatoms. The normalized spacial score (nSPS) is 16.3. The van der Waals surface area contributed by atoms with Gasteiger partial charge >= 0.3 is 0 Å². The molecule has 0 aromatic heterocycles. The van der Waals surface area contributed by atoms with E-state index in [9.17, 15) is 4.79 Å². The standard InChI is InChI=1S/C16H23BrN2O.ClH/c1-18-10-5-11-19-15(20)16(8-2-3-9-16)13-6-4-7-14(17)12-13;/h4,6-7,12,18H,2-3,5,8-11H2,1H3,(H,19,20);1H. The van der Waals surface area contributed by atoms with Crippen molar-refractivity contribution < 1.29 is 4.79 Å². The van der Waals surface area contributed by atoms with Crippen molar-refractivity contribution in [1.29, 1.82) is 0 Å². The van der Waals surface area contributed by atoms with Gasteiger partial charge in [0.2, 0.25) is 5.91 Å². The highest BCUT2D eigenvalue weighted by Crippen LogP contribution is 2.42. The predicted molar refractivity (Wildman–Crippen MR) is 93.1 cm³/mol. The van der Waals surface area contributed by atoms with Gasteiger partial charge in [-0.3, -0.25) is 4.79 Å². The predicted octanol–water partition coefficient (Wildman–Crippen LogP) is 3.41. The number of benzene rings is 1. The number of halogens is 2. The van der Waals surface area contributed by atoms with Crippen molar-refractivity contribution in [3.63, 3.8) is 0 Å². The van der Waals surface area contributed by atoms with E-state index in [0.29, 0.717) is 0 Å². The summed E-state index contributed by atoms with van der Waals surface area (Å²) < 4.78 is 1.05. The van der Waals surface area contributed by atoms with Crippen LogP contribution in [0.25, 0.3) is 0 Å². The molecule has 1 amide bonds. The fourth-order valence-electron chi connectivity index (χ4n) is 3.05. The Balaban J connectivity index is 0.00000220. The van der Waals surface area contributed by atoms with Crippen molar-refractivity contribution in [3.05, 3.63) is 34.3 Å². The van der Waals surface area contributed by atoms with Crippen LogP contribution in [0.4, 0.5) is 0 Å². The second-order valence-corrected chi connectivity index (χ2v) is 6.43. The van der Waals surface area contributed by atoms with Crippen LogP contribution in [0.1, 0.15) is 37.7 Å². The first-order valence-electron chi connectivity index (χ1n) is 7.38. The maximum atomic E-state index is 12.7. The van der Waals surface area contributed by atoms with E-state index in [1.165, 1.54) is 0 Å². The van der Waals surface area contributed by atoms with Gasteiger partial charge in [0.25, 0.3) is 0 Å². The molecule has 2 N–H and O–H groups in total. The third-order valence-electron chi connectivity index (χ3n) is 4.16. The molecule has 0 atom stereocenters. The smallest absolute Gasteiger partial charge is 0.230 e. The Morgan fingerprint density at radius 1 is 1.29 bits per heavy atom. The van der Waals surface area contributed by atoms with E-state index in [-0.39, 0.29) is 23.7 Å². The van der Waals surface area contributed by atoms with Gasteiger partial charge in [0.15, 0.2) is 0 Å². The molecular weight excluding hydrogens is 352 g/mol. The van der Waals surface area contributed by atoms with Crippen molar-refractivity contribution >= 4 is 34.2 Å². The van der Waals surface area contributed by atoms with Gasteiger partial charge in [-0.05, 0) is 50.6 Å². The topological polar surface area (TPSA) is 41.1 Å². The summed E-state index contributed by atoms with van der Waals surface area (Å²) >= 11 is 3.52. The lowest BCUT2D eigenvalue weighted by Gasteiger charge is -2.28. The Bertz CT molecular complexity index is 461. The molecule has 1 fully saturated rings. The number of hydrogen-bond donors (Lipinski definition) is 2.